The Morgan fingerprint density at radius 2 is 2.04 bits per heavy atom. The fourth-order valence-corrected chi connectivity index (χ4v) is 3.20. The lowest BCUT2D eigenvalue weighted by atomic mass is 9.99. The summed E-state index contributed by atoms with van der Waals surface area (Å²) in [7, 11) is 1.68. The van der Waals surface area contributed by atoms with Crippen molar-refractivity contribution in [3.05, 3.63) is 35.4 Å². The Labute approximate surface area is 169 Å². The quantitative estimate of drug-likeness (QED) is 0.373. The van der Waals surface area contributed by atoms with Gasteiger partial charge in [0.2, 0.25) is 0 Å². The molecule has 142 valence electrons. The van der Waals surface area contributed by atoms with Crippen LogP contribution in [0.5, 0.6) is 0 Å². The van der Waals surface area contributed by atoms with Crippen molar-refractivity contribution >= 4 is 29.9 Å². The fourth-order valence-electron chi connectivity index (χ4n) is 3.20. The molecule has 0 amide bonds. The minimum absolute atomic E-state index is 0. The summed E-state index contributed by atoms with van der Waals surface area (Å²) >= 11 is 0. The summed E-state index contributed by atoms with van der Waals surface area (Å²) in [6.07, 6.45) is 2.69. The van der Waals surface area contributed by atoms with Gasteiger partial charge in [0.25, 0.3) is 0 Å². The number of aliphatic imine (C=N–C) groups is 1. The first-order valence-electron chi connectivity index (χ1n) is 8.92. The first kappa shape index (κ1) is 22.2. The minimum Gasteiger partial charge on any atom is -0.383 e. The SMILES string of the molecule is COCC(C)NC(N)=NCc1ccc(CN2CCCC(C)C2)cc1.I. The molecule has 2 unspecified atom stereocenters. The number of rotatable bonds is 7. The molecule has 2 rings (SSSR count). The van der Waals surface area contributed by atoms with Crippen LogP contribution in [0.15, 0.2) is 29.3 Å². The molecule has 0 saturated carbocycles. The van der Waals surface area contributed by atoms with Gasteiger partial charge in [0, 0.05) is 26.2 Å². The van der Waals surface area contributed by atoms with Gasteiger partial charge < -0.3 is 15.8 Å². The highest BCUT2D eigenvalue weighted by molar-refractivity contribution is 14.0. The lowest BCUT2D eigenvalue weighted by Gasteiger charge is -2.30. The molecule has 1 saturated heterocycles. The minimum atomic E-state index is 0. The molecule has 6 heteroatoms. The fraction of sp³-hybridized carbons (Fsp3) is 0.632. The summed E-state index contributed by atoms with van der Waals surface area (Å²) in [4.78, 5) is 6.95. The van der Waals surface area contributed by atoms with Crippen LogP contribution < -0.4 is 11.1 Å². The average molecular weight is 460 g/mol. The third-order valence-electron chi connectivity index (χ3n) is 4.41. The number of guanidine groups is 1. The van der Waals surface area contributed by atoms with E-state index in [0.29, 0.717) is 19.1 Å². The molecule has 5 nitrogen and oxygen atoms in total. The molecule has 0 spiro atoms. The van der Waals surface area contributed by atoms with Gasteiger partial charge in [-0.05, 0) is 43.4 Å². The van der Waals surface area contributed by atoms with E-state index >= 15 is 0 Å². The van der Waals surface area contributed by atoms with Crippen LogP contribution in [-0.2, 0) is 17.8 Å². The summed E-state index contributed by atoms with van der Waals surface area (Å²) in [6.45, 7) is 9.05. The highest BCUT2D eigenvalue weighted by Gasteiger charge is 2.15. The van der Waals surface area contributed by atoms with E-state index in [1.165, 1.54) is 37.1 Å². The number of nitrogens with two attached hydrogens (primary N) is 1. The first-order valence-corrected chi connectivity index (χ1v) is 8.92. The predicted octanol–water partition coefficient (Wildman–Crippen LogP) is 2.98. The third kappa shape index (κ3) is 8.37. The molecular weight excluding hydrogens is 427 g/mol. The van der Waals surface area contributed by atoms with E-state index in [2.05, 4.69) is 46.4 Å². The number of halogens is 1. The Morgan fingerprint density at radius 1 is 1.36 bits per heavy atom. The molecule has 0 aliphatic carbocycles. The molecule has 0 radical (unpaired) electrons. The number of likely N-dealkylation sites (tertiary alicyclic amines) is 1. The van der Waals surface area contributed by atoms with Crippen molar-refractivity contribution in [1.82, 2.24) is 10.2 Å². The molecule has 1 aromatic rings. The second kappa shape index (κ2) is 11.7. The van der Waals surface area contributed by atoms with Crippen LogP contribution in [0.4, 0.5) is 0 Å². The van der Waals surface area contributed by atoms with Gasteiger partial charge in [-0.2, -0.15) is 0 Å². The standard InChI is InChI=1S/C19H32N4O.HI/c1-15-5-4-10-23(12-15)13-18-8-6-17(7-9-18)11-21-19(20)22-16(2)14-24-3;/h6-9,15-16H,4-5,10-14H2,1-3H3,(H3,20,21,22);1H. The molecule has 2 atom stereocenters. The molecule has 25 heavy (non-hydrogen) atoms. The van der Waals surface area contributed by atoms with Crippen LogP contribution in [0.3, 0.4) is 0 Å². The van der Waals surface area contributed by atoms with E-state index in [1.807, 2.05) is 6.92 Å². The zero-order valence-electron chi connectivity index (χ0n) is 15.7. The lowest BCUT2D eigenvalue weighted by molar-refractivity contribution is 0.176. The van der Waals surface area contributed by atoms with Gasteiger partial charge in [0.1, 0.15) is 0 Å². The van der Waals surface area contributed by atoms with Crippen LogP contribution in [-0.4, -0.2) is 43.7 Å². The van der Waals surface area contributed by atoms with Gasteiger partial charge in [-0.15, -0.1) is 24.0 Å². The molecule has 0 aromatic heterocycles. The van der Waals surface area contributed by atoms with Crippen molar-refractivity contribution in [2.45, 2.75) is 45.8 Å². The van der Waals surface area contributed by atoms with Crippen molar-refractivity contribution in [1.29, 1.82) is 0 Å². The summed E-state index contributed by atoms with van der Waals surface area (Å²) in [5.41, 5.74) is 8.44. The largest absolute Gasteiger partial charge is 0.383 e. The summed E-state index contributed by atoms with van der Waals surface area (Å²) < 4.78 is 5.07. The van der Waals surface area contributed by atoms with Crippen molar-refractivity contribution in [2.24, 2.45) is 16.6 Å². The van der Waals surface area contributed by atoms with Crippen LogP contribution in [0.2, 0.25) is 0 Å². The Hall–Kier alpha value is -0.860. The van der Waals surface area contributed by atoms with Crippen LogP contribution >= 0.6 is 24.0 Å². The van der Waals surface area contributed by atoms with E-state index in [9.17, 15) is 0 Å². The lowest BCUT2D eigenvalue weighted by Crippen LogP contribution is -2.40. The van der Waals surface area contributed by atoms with E-state index < -0.39 is 0 Å². The number of piperidine rings is 1. The number of nitrogens with zero attached hydrogens (tertiary/aromatic N) is 2. The van der Waals surface area contributed by atoms with Crippen molar-refractivity contribution in [3.8, 4) is 0 Å². The molecule has 1 aliphatic rings. The number of benzene rings is 1. The van der Waals surface area contributed by atoms with Crippen LogP contribution in [0, 0.1) is 5.92 Å². The molecule has 1 aromatic carbocycles. The molecule has 1 heterocycles. The Bertz CT molecular complexity index is 521. The number of hydrogen-bond donors (Lipinski definition) is 2. The Balaban J connectivity index is 0.00000312. The van der Waals surface area contributed by atoms with Crippen molar-refractivity contribution in [2.75, 3.05) is 26.8 Å². The first-order chi connectivity index (χ1) is 11.6. The second-order valence-electron chi connectivity index (χ2n) is 7.00. The van der Waals surface area contributed by atoms with Crippen molar-refractivity contribution in [3.63, 3.8) is 0 Å². The molecule has 1 fully saturated rings. The van der Waals surface area contributed by atoms with Crippen LogP contribution in [0.1, 0.15) is 37.8 Å². The van der Waals surface area contributed by atoms with Gasteiger partial charge in [-0.25, -0.2) is 4.99 Å². The second-order valence-corrected chi connectivity index (χ2v) is 7.00. The zero-order valence-corrected chi connectivity index (χ0v) is 18.0. The molecule has 0 bridgehead atoms. The highest BCUT2D eigenvalue weighted by Crippen LogP contribution is 2.18. The van der Waals surface area contributed by atoms with Gasteiger partial charge in [-0.3, -0.25) is 4.90 Å². The molecule has 1 aliphatic heterocycles. The van der Waals surface area contributed by atoms with E-state index in [1.54, 1.807) is 7.11 Å². The maximum Gasteiger partial charge on any atom is 0.189 e. The number of ether oxygens (including phenoxy) is 1. The monoisotopic (exact) mass is 460 g/mol. The smallest absolute Gasteiger partial charge is 0.189 e. The van der Waals surface area contributed by atoms with E-state index in [4.69, 9.17) is 10.5 Å². The van der Waals surface area contributed by atoms with E-state index in [0.717, 1.165) is 12.5 Å². The van der Waals surface area contributed by atoms with Crippen LogP contribution in [0.25, 0.3) is 0 Å². The number of methoxy groups -OCH3 is 1. The molecular formula is C19H33IN4O. The maximum atomic E-state index is 5.90. The van der Waals surface area contributed by atoms with Gasteiger partial charge in [0.15, 0.2) is 5.96 Å². The average Bonchev–Trinajstić information content (AvgIpc) is 2.54. The summed E-state index contributed by atoms with van der Waals surface area (Å²) in [5.74, 6) is 1.29. The van der Waals surface area contributed by atoms with Gasteiger partial charge >= 0.3 is 0 Å². The topological polar surface area (TPSA) is 62.9 Å². The summed E-state index contributed by atoms with van der Waals surface area (Å²) in [6, 6.07) is 8.88. The zero-order chi connectivity index (χ0) is 17.4. The van der Waals surface area contributed by atoms with Gasteiger partial charge in [0.05, 0.1) is 13.2 Å². The Kier molecular flexibility index (Phi) is 10.4. The normalized spacial score (nSPS) is 20.0. The number of hydrogen-bond acceptors (Lipinski definition) is 3. The maximum absolute atomic E-state index is 5.90. The van der Waals surface area contributed by atoms with Crippen molar-refractivity contribution < 1.29 is 4.74 Å². The molecule has 3 N–H and O–H groups in total. The van der Waals surface area contributed by atoms with E-state index in [-0.39, 0.29) is 30.0 Å². The Morgan fingerprint density at radius 3 is 2.68 bits per heavy atom. The summed E-state index contributed by atoms with van der Waals surface area (Å²) in [5, 5.41) is 3.12. The predicted molar refractivity (Wildman–Crippen MR) is 115 cm³/mol. The third-order valence-corrected chi connectivity index (χ3v) is 4.41. The van der Waals surface area contributed by atoms with Gasteiger partial charge in [-0.1, -0.05) is 31.2 Å². The number of nitrogens with one attached hydrogen (secondary N) is 1. The highest BCUT2D eigenvalue weighted by atomic mass is 127.